The van der Waals surface area contributed by atoms with E-state index in [1.807, 2.05) is 38.1 Å². The molecule has 0 saturated carbocycles. The highest BCUT2D eigenvalue weighted by Crippen LogP contribution is 2.15. The summed E-state index contributed by atoms with van der Waals surface area (Å²) < 4.78 is 1.50. The van der Waals surface area contributed by atoms with Gasteiger partial charge in [0.1, 0.15) is 6.54 Å². The van der Waals surface area contributed by atoms with Crippen molar-refractivity contribution in [2.75, 3.05) is 6.54 Å². The molecule has 0 aliphatic carbocycles. The van der Waals surface area contributed by atoms with Gasteiger partial charge in [-0.05, 0) is 24.3 Å². The number of hydrogen-bond donors (Lipinski definition) is 1. The van der Waals surface area contributed by atoms with E-state index in [2.05, 4.69) is 20.8 Å². The summed E-state index contributed by atoms with van der Waals surface area (Å²) in [7, 11) is 0. The van der Waals surface area contributed by atoms with Gasteiger partial charge in [-0.2, -0.15) is 0 Å². The molecule has 1 aromatic heterocycles. The fourth-order valence-corrected chi connectivity index (χ4v) is 1.61. The third-order valence-corrected chi connectivity index (χ3v) is 2.51. The molecule has 2 rings (SSSR count). The van der Waals surface area contributed by atoms with E-state index in [4.69, 9.17) is 0 Å². The number of nitrogens with one attached hydrogen (secondary N) is 1. The molecule has 0 aliphatic heterocycles. The molecule has 0 atom stereocenters. The highest BCUT2D eigenvalue weighted by molar-refractivity contribution is 5.76. The lowest BCUT2D eigenvalue weighted by Crippen LogP contribution is -2.27. The first-order valence-electron chi connectivity index (χ1n) is 5.80. The molecule has 2 aromatic rings. The van der Waals surface area contributed by atoms with Crippen molar-refractivity contribution in [2.24, 2.45) is 0 Å². The number of carbonyl (C=O) groups is 1. The molecule has 6 heteroatoms. The molecular formula is C12H15N5O. The number of rotatable bonds is 4. The maximum atomic E-state index is 11.5. The van der Waals surface area contributed by atoms with Crippen LogP contribution in [0.15, 0.2) is 24.3 Å². The van der Waals surface area contributed by atoms with Crippen LogP contribution in [0.1, 0.15) is 12.5 Å². The Morgan fingerprint density at radius 3 is 2.72 bits per heavy atom. The molecule has 0 bridgehead atoms. The summed E-state index contributed by atoms with van der Waals surface area (Å²) in [6.07, 6.45) is 0. The summed E-state index contributed by atoms with van der Waals surface area (Å²) in [4.78, 5) is 11.5. The predicted molar refractivity (Wildman–Crippen MR) is 66.7 cm³/mol. The Kier molecular flexibility index (Phi) is 3.66. The Bertz CT molecular complexity index is 532. The molecule has 0 fully saturated rings. The standard InChI is InChI=1S/C12H15N5O/c1-3-13-11(18)8-17-12(14-15-16-17)10-6-4-9(2)5-7-10/h4-7H,3,8H2,1-2H3,(H,13,18). The average Bonchev–Trinajstić information content (AvgIpc) is 2.78. The van der Waals surface area contributed by atoms with Gasteiger partial charge in [0, 0.05) is 12.1 Å². The molecule has 18 heavy (non-hydrogen) atoms. The molecule has 1 amide bonds. The lowest BCUT2D eigenvalue weighted by molar-refractivity contribution is -0.121. The first-order chi connectivity index (χ1) is 8.70. The number of carbonyl (C=O) groups excluding carboxylic acids is 1. The maximum absolute atomic E-state index is 11.5. The fraction of sp³-hybridized carbons (Fsp3) is 0.333. The summed E-state index contributed by atoms with van der Waals surface area (Å²) in [5, 5.41) is 14.1. The van der Waals surface area contributed by atoms with Gasteiger partial charge in [0.2, 0.25) is 5.91 Å². The van der Waals surface area contributed by atoms with E-state index in [1.54, 1.807) is 0 Å². The Labute approximate surface area is 105 Å². The van der Waals surface area contributed by atoms with Crippen LogP contribution in [0, 0.1) is 6.92 Å². The molecule has 94 valence electrons. The molecule has 1 aromatic carbocycles. The number of amides is 1. The normalized spacial score (nSPS) is 10.3. The van der Waals surface area contributed by atoms with Crippen LogP contribution in [0.2, 0.25) is 0 Å². The first-order valence-corrected chi connectivity index (χ1v) is 5.80. The van der Waals surface area contributed by atoms with Crippen molar-refractivity contribution >= 4 is 5.91 Å². The minimum absolute atomic E-state index is 0.0989. The van der Waals surface area contributed by atoms with Crippen LogP contribution < -0.4 is 5.32 Å². The summed E-state index contributed by atoms with van der Waals surface area (Å²) >= 11 is 0. The van der Waals surface area contributed by atoms with Crippen molar-refractivity contribution in [1.29, 1.82) is 0 Å². The highest BCUT2D eigenvalue weighted by Gasteiger charge is 2.11. The van der Waals surface area contributed by atoms with Gasteiger partial charge in [-0.15, -0.1) is 5.10 Å². The van der Waals surface area contributed by atoms with Gasteiger partial charge in [0.25, 0.3) is 0 Å². The molecule has 0 aliphatic rings. The van der Waals surface area contributed by atoms with Gasteiger partial charge in [-0.1, -0.05) is 29.8 Å². The van der Waals surface area contributed by atoms with Crippen LogP contribution >= 0.6 is 0 Å². The topological polar surface area (TPSA) is 72.7 Å². The van der Waals surface area contributed by atoms with Crippen molar-refractivity contribution in [3.05, 3.63) is 29.8 Å². The van der Waals surface area contributed by atoms with E-state index in [0.29, 0.717) is 12.4 Å². The minimum atomic E-state index is -0.0989. The lowest BCUT2D eigenvalue weighted by Gasteiger charge is -2.05. The third-order valence-electron chi connectivity index (χ3n) is 2.51. The van der Waals surface area contributed by atoms with Gasteiger partial charge >= 0.3 is 0 Å². The summed E-state index contributed by atoms with van der Waals surface area (Å²) in [5.41, 5.74) is 2.07. The Morgan fingerprint density at radius 2 is 2.06 bits per heavy atom. The van der Waals surface area contributed by atoms with E-state index in [0.717, 1.165) is 5.56 Å². The highest BCUT2D eigenvalue weighted by atomic mass is 16.2. The Morgan fingerprint density at radius 1 is 1.33 bits per heavy atom. The number of aromatic nitrogens is 4. The zero-order chi connectivity index (χ0) is 13.0. The number of hydrogen-bond acceptors (Lipinski definition) is 4. The Hall–Kier alpha value is -2.24. The van der Waals surface area contributed by atoms with Crippen molar-refractivity contribution in [3.8, 4) is 11.4 Å². The van der Waals surface area contributed by atoms with Gasteiger partial charge in [-0.25, -0.2) is 4.68 Å². The summed E-state index contributed by atoms with van der Waals surface area (Å²) in [6, 6.07) is 7.85. The van der Waals surface area contributed by atoms with E-state index in [1.165, 1.54) is 10.2 Å². The molecule has 0 unspecified atom stereocenters. The lowest BCUT2D eigenvalue weighted by atomic mass is 10.1. The Balaban J connectivity index is 2.22. The largest absolute Gasteiger partial charge is 0.355 e. The molecule has 1 N–H and O–H groups in total. The molecule has 6 nitrogen and oxygen atoms in total. The second kappa shape index (κ2) is 5.39. The van der Waals surface area contributed by atoms with Gasteiger partial charge in [0.05, 0.1) is 0 Å². The van der Waals surface area contributed by atoms with E-state index in [-0.39, 0.29) is 12.5 Å². The second-order valence-corrected chi connectivity index (χ2v) is 3.98. The fourth-order valence-electron chi connectivity index (χ4n) is 1.61. The number of tetrazole rings is 1. The zero-order valence-electron chi connectivity index (χ0n) is 10.4. The quantitative estimate of drug-likeness (QED) is 0.864. The minimum Gasteiger partial charge on any atom is -0.355 e. The van der Waals surface area contributed by atoms with E-state index in [9.17, 15) is 4.79 Å². The van der Waals surface area contributed by atoms with Crippen LogP contribution in [-0.4, -0.2) is 32.7 Å². The molecule has 0 radical (unpaired) electrons. The second-order valence-electron chi connectivity index (χ2n) is 3.98. The van der Waals surface area contributed by atoms with Gasteiger partial charge in [0.15, 0.2) is 5.82 Å². The van der Waals surface area contributed by atoms with Crippen molar-refractivity contribution in [2.45, 2.75) is 20.4 Å². The van der Waals surface area contributed by atoms with Crippen molar-refractivity contribution in [1.82, 2.24) is 25.5 Å². The number of aryl methyl sites for hydroxylation is 1. The van der Waals surface area contributed by atoms with Gasteiger partial charge in [-0.3, -0.25) is 4.79 Å². The van der Waals surface area contributed by atoms with Crippen molar-refractivity contribution < 1.29 is 4.79 Å². The first kappa shape index (κ1) is 12.2. The van der Waals surface area contributed by atoms with Crippen LogP contribution in [0.4, 0.5) is 0 Å². The zero-order valence-corrected chi connectivity index (χ0v) is 10.4. The van der Waals surface area contributed by atoms with Gasteiger partial charge < -0.3 is 5.32 Å². The smallest absolute Gasteiger partial charge is 0.241 e. The summed E-state index contributed by atoms with van der Waals surface area (Å²) in [6.45, 7) is 4.62. The average molecular weight is 245 g/mol. The van der Waals surface area contributed by atoms with E-state index < -0.39 is 0 Å². The third kappa shape index (κ3) is 2.71. The number of benzene rings is 1. The summed E-state index contributed by atoms with van der Waals surface area (Å²) in [5.74, 6) is 0.499. The molecule has 0 spiro atoms. The van der Waals surface area contributed by atoms with Crippen molar-refractivity contribution in [3.63, 3.8) is 0 Å². The van der Waals surface area contributed by atoms with Crippen LogP contribution in [-0.2, 0) is 11.3 Å². The molecular weight excluding hydrogens is 230 g/mol. The SMILES string of the molecule is CCNC(=O)Cn1nnnc1-c1ccc(C)cc1. The number of nitrogens with zero attached hydrogens (tertiary/aromatic N) is 4. The monoisotopic (exact) mass is 245 g/mol. The van der Waals surface area contributed by atoms with Crippen LogP contribution in [0.25, 0.3) is 11.4 Å². The van der Waals surface area contributed by atoms with Crippen LogP contribution in [0.3, 0.4) is 0 Å². The number of likely N-dealkylation sites (N-methyl/N-ethyl adjacent to an activating group) is 1. The van der Waals surface area contributed by atoms with E-state index >= 15 is 0 Å². The van der Waals surface area contributed by atoms with Crippen LogP contribution in [0.5, 0.6) is 0 Å². The molecule has 0 saturated heterocycles. The molecule has 1 heterocycles. The maximum Gasteiger partial charge on any atom is 0.241 e. The predicted octanol–water partition coefficient (Wildman–Crippen LogP) is 0.785.